The lowest BCUT2D eigenvalue weighted by atomic mass is 10.0. The Morgan fingerprint density at radius 2 is 1.96 bits per heavy atom. The molecule has 1 heterocycles. The molecule has 0 aliphatic rings. The summed E-state index contributed by atoms with van der Waals surface area (Å²) >= 11 is 0. The minimum Gasteiger partial charge on any atom is -0.465 e. The number of carbonyl (C=O) groups excluding carboxylic acids is 1. The second kappa shape index (κ2) is 5.52. The molecule has 0 aliphatic carbocycles. The van der Waals surface area contributed by atoms with E-state index in [2.05, 4.69) is 4.74 Å². The Labute approximate surface area is 132 Å². The van der Waals surface area contributed by atoms with Crippen LogP contribution < -0.4 is 5.43 Å². The van der Waals surface area contributed by atoms with Gasteiger partial charge in [0, 0.05) is 5.56 Å². The van der Waals surface area contributed by atoms with E-state index < -0.39 is 12.1 Å². The molecule has 0 spiro atoms. The van der Waals surface area contributed by atoms with Gasteiger partial charge >= 0.3 is 5.97 Å². The molecule has 0 saturated heterocycles. The van der Waals surface area contributed by atoms with Gasteiger partial charge in [0.15, 0.2) is 0 Å². The Morgan fingerprint density at radius 1 is 1.22 bits per heavy atom. The van der Waals surface area contributed by atoms with E-state index in [-0.39, 0.29) is 11.0 Å². The first-order chi connectivity index (χ1) is 10.9. The number of aliphatic hydroxyl groups excluding tert-OH is 1. The van der Waals surface area contributed by atoms with Crippen LogP contribution in [0.4, 0.5) is 0 Å². The van der Waals surface area contributed by atoms with Crippen molar-refractivity contribution < 1.29 is 19.1 Å². The summed E-state index contributed by atoms with van der Waals surface area (Å²) in [4.78, 5) is 24.4. The van der Waals surface area contributed by atoms with Gasteiger partial charge < -0.3 is 14.3 Å². The Hall–Kier alpha value is -2.66. The monoisotopic (exact) mass is 312 g/mol. The predicted octanol–water partition coefficient (Wildman–Crippen LogP) is 3.09. The third-order valence-electron chi connectivity index (χ3n) is 3.81. The maximum absolute atomic E-state index is 12.8. The average molecular weight is 312 g/mol. The summed E-state index contributed by atoms with van der Waals surface area (Å²) in [5.41, 5.74) is 2.20. The van der Waals surface area contributed by atoms with Crippen LogP contribution in [0.3, 0.4) is 0 Å². The van der Waals surface area contributed by atoms with E-state index in [4.69, 9.17) is 4.42 Å². The van der Waals surface area contributed by atoms with Gasteiger partial charge in [-0.05, 0) is 49.7 Å². The highest BCUT2D eigenvalue weighted by Crippen LogP contribution is 2.27. The molecule has 0 aliphatic heterocycles. The largest absolute Gasteiger partial charge is 0.465 e. The Kier molecular flexibility index (Phi) is 3.66. The maximum atomic E-state index is 12.8. The molecule has 2 aromatic carbocycles. The highest BCUT2D eigenvalue weighted by Gasteiger charge is 2.16. The molecule has 0 radical (unpaired) electrons. The van der Waals surface area contributed by atoms with E-state index in [1.807, 2.05) is 6.92 Å². The van der Waals surface area contributed by atoms with Crippen molar-refractivity contribution in [1.82, 2.24) is 0 Å². The first-order valence-electron chi connectivity index (χ1n) is 7.20. The fraction of sp³-hybridized carbons (Fsp3) is 0.222. The quantitative estimate of drug-likeness (QED) is 0.581. The van der Waals surface area contributed by atoms with Crippen LogP contribution in [0.25, 0.3) is 21.9 Å². The zero-order valence-electron chi connectivity index (χ0n) is 13.0. The predicted molar refractivity (Wildman–Crippen MR) is 86.7 cm³/mol. The van der Waals surface area contributed by atoms with Crippen molar-refractivity contribution in [3.05, 3.63) is 57.2 Å². The number of aliphatic hydroxyl groups is 1. The molecule has 1 aromatic heterocycles. The minimum absolute atomic E-state index is 0.238. The van der Waals surface area contributed by atoms with Crippen LogP contribution in [0.1, 0.15) is 34.5 Å². The van der Waals surface area contributed by atoms with E-state index in [1.165, 1.54) is 13.2 Å². The van der Waals surface area contributed by atoms with Crippen molar-refractivity contribution in [2.75, 3.05) is 7.11 Å². The van der Waals surface area contributed by atoms with Gasteiger partial charge in [-0.2, -0.15) is 0 Å². The first-order valence-corrected chi connectivity index (χ1v) is 7.20. The molecule has 3 rings (SSSR count). The standard InChI is InChI=1S/C18H16O5/c1-9-6-12(10(2)19)17-14(7-9)16(20)13-8-11(18(21)22-3)4-5-15(13)23-17/h4-8,10,19H,1-3H3. The highest BCUT2D eigenvalue weighted by molar-refractivity contribution is 5.97. The number of esters is 1. The lowest BCUT2D eigenvalue weighted by Gasteiger charge is -2.11. The van der Waals surface area contributed by atoms with Crippen molar-refractivity contribution in [2.45, 2.75) is 20.0 Å². The molecule has 0 amide bonds. The molecule has 5 heteroatoms. The number of fused-ring (bicyclic) bond motifs is 2. The number of hydrogen-bond donors (Lipinski definition) is 1. The van der Waals surface area contributed by atoms with E-state index in [9.17, 15) is 14.7 Å². The lowest BCUT2D eigenvalue weighted by molar-refractivity contribution is 0.0601. The zero-order chi connectivity index (χ0) is 16.7. The third kappa shape index (κ3) is 2.49. The van der Waals surface area contributed by atoms with Crippen molar-refractivity contribution in [3.63, 3.8) is 0 Å². The molecule has 0 bridgehead atoms. The molecule has 3 aromatic rings. The summed E-state index contributed by atoms with van der Waals surface area (Å²) in [5, 5.41) is 10.6. The number of hydrogen-bond acceptors (Lipinski definition) is 5. The summed E-state index contributed by atoms with van der Waals surface area (Å²) in [5.74, 6) is -0.514. The smallest absolute Gasteiger partial charge is 0.337 e. The molecular formula is C18H16O5. The Bertz CT molecular complexity index is 982. The number of benzene rings is 2. The van der Waals surface area contributed by atoms with Gasteiger partial charge in [-0.15, -0.1) is 0 Å². The Balaban J connectivity index is 2.42. The van der Waals surface area contributed by atoms with Crippen LogP contribution in [0.2, 0.25) is 0 Å². The highest BCUT2D eigenvalue weighted by atomic mass is 16.5. The third-order valence-corrected chi connectivity index (χ3v) is 3.81. The SMILES string of the molecule is COC(=O)c1ccc2oc3c(C(C)O)cc(C)cc3c(=O)c2c1. The van der Waals surface area contributed by atoms with Crippen LogP contribution in [0.5, 0.6) is 0 Å². The lowest BCUT2D eigenvalue weighted by Crippen LogP contribution is -2.07. The van der Waals surface area contributed by atoms with E-state index >= 15 is 0 Å². The van der Waals surface area contributed by atoms with E-state index in [0.717, 1.165) is 5.56 Å². The maximum Gasteiger partial charge on any atom is 0.337 e. The van der Waals surface area contributed by atoms with Crippen molar-refractivity contribution >= 4 is 27.9 Å². The molecule has 118 valence electrons. The van der Waals surface area contributed by atoms with Crippen molar-refractivity contribution in [3.8, 4) is 0 Å². The summed E-state index contributed by atoms with van der Waals surface area (Å²) < 4.78 is 10.5. The van der Waals surface area contributed by atoms with Crippen LogP contribution in [-0.4, -0.2) is 18.2 Å². The van der Waals surface area contributed by atoms with Crippen LogP contribution in [0.15, 0.2) is 39.5 Å². The van der Waals surface area contributed by atoms with Crippen LogP contribution >= 0.6 is 0 Å². The van der Waals surface area contributed by atoms with Gasteiger partial charge in [0.2, 0.25) is 5.43 Å². The molecule has 5 nitrogen and oxygen atoms in total. The molecule has 1 N–H and O–H groups in total. The van der Waals surface area contributed by atoms with E-state index in [1.54, 1.807) is 31.2 Å². The summed E-state index contributed by atoms with van der Waals surface area (Å²) in [6, 6.07) is 8.09. The molecule has 0 fully saturated rings. The molecule has 0 saturated carbocycles. The molecular weight excluding hydrogens is 296 g/mol. The Morgan fingerprint density at radius 3 is 2.61 bits per heavy atom. The van der Waals surface area contributed by atoms with E-state index in [0.29, 0.717) is 27.5 Å². The second-order valence-corrected chi connectivity index (χ2v) is 5.54. The van der Waals surface area contributed by atoms with Gasteiger partial charge in [-0.25, -0.2) is 4.79 Å². The van der Waals surface area contributed by atoms with Gasteiger partial charge in [-0.3, -0.25) is 4.79 Å². The summed E-state index contributed by atoms with van der Waals surface area (Å²) in [6.45, 7) is 3.47. The molecule has 23 heavy (non-hydrogen) atoms. The van der Waals surface area contributed by atoms with Gasteiger partial charge in [0.05, 0.1) is 29.5 Å². The average Bonchev–Trinajstić information content (AvgIpc) is 2.54. The topological polar surface area (TPSA) is 76.7 Å². The number of methoxy groups -OCH3 is 1. The van der Waals surface area contributed by atoms with Crippen molar-refractivity contribution in [1.29, 1.82) is 0 Å². The van der Waals surface area contributed by atoms with Gasteiger partial charge in [0.1, 0.15) is 11.2 Å². The summed E-state index contributed by atoms with van der Waals surface area (Å²) in [6.07, 6.45) is -0.757. The molecule has 1 atom stereocenters. The zero-order valence-corrected chi connectivity index (χ0v) is 13.0. The number of rotatable bonds is 2. The fourth-order valence-corrected chi connectivity index (χ4v) is 2.69. The minimum atomic E-state index is -0.757. The van der Waals surface area contributed by atoms with Crippen LogP contribution in [-0.2, 0) is 4.74 Å². The summed E-state index contributed by atoms with van der Waals surface area (Å²) in [7, 11) is 1.29. The first kappa shape index (κ1) is 15.2. The van der Waals surface area contributed by atoms with Gasteiger partial charge in [-0.1, -0.05) is 0 Å². The molecule has 1 unspecified atom stereocenters. The number of ether oxygens (including phenoxy) is 1. The number of carbonyl (C=O) groups is 1. The van der Waals surface area contributed by atoms with Gasteiger partial charge in [0.25, 0.3) is 0 Å². The second-order valence-electron chi connectivity index (χ2n) is 5.54. The van der Waals surface area contributed by atoms with Crippen molar-refractivity contribution in [2.24, 2.45) is 0 Å². The van der Waals surface area contributed by atoms with Crippen LogP contribution in [0, 0.1) is 6.92 Å². The number of aryl methyl sites for hydroxylation is 1. The fourth-order valence-electron chi connectivity index (χ4n) is 2.69. The normalized spacial score (nSPS) is 12.5.